The van der Waals surface area contributed by atoms with Gasteiger partial charge in [0.15, 0.2) is 0 Å². The lowest BCUT2D eigenvalue weighted by molar-refractivity contribution is 0.266. The second-order valence-electron chi connectivity index (χ2n) is 4.22. The molecular weight excluding hydrogens is 328 g/mol. The summed E-state index contributed by atoms with van der Waals surface area (Å²) in [5.74, 6) is -0.550. The van der Waals surface area contributed by atoms with Crippen LogP contribution >= 0.6 is 15.9 Å². The fourth-order valence-corrected chi connectivity index (χ4v) is 2.22. The molecule has 0 saturated carbocycles. The molecule has 1 atom stereocenters. The zero-order chi connectivity index (χ0) is 14.5. The van der Waals surface area contributed by atoms with E-state index in [9.17, 15) is 8.78 Å². The SMILES string of the molecule is CNC(COc1ccccc1)c1c(F)ccc(Br)c1F. The quantitative estimate of drug-likeness (QED) is 0.828. The summed E-state index contributed by atoms with van der Waals surface area (Å²) in [7, 11) is 1.64. The Hall–Kier alpha value is -1.46. The van der Waals surface area contributed by atoms with E-state index in [-0.39, 0.29) is 16.6 Å². The lowest BCUT2D eigenvalue weighted by Crippen LogP contribution is -2.25. The van der Waals surface area contributed by atoms with Crippen LogP contribution in [0.25, 0.3) is 0 Å². The number of halogens is 3. The molecule has 2 nitrogen and oxygen atoms in total. The van der Waals surface area contributed by atoms with E-state index in [2.05, 4.69) is 21.2 Å². The van der Waals surface area contributed by atoms with Gasteiger partial charge in [0, 0.05) is 5.56 Å². The maximum atomic E-state index is 14.0. The minimum atomic E-state index is -0.610. The molecule has 0 fully saturated rings. The summed E-state index contributed by atoms with van der Waals surface area (Å²) in [5.41, 5.74) is -0.0298. The van der Waals surface area contributed by atoms with Crippen molar-refractivity contribution < 1.29 is 13.5 Å². The van der Waals surface area contributed by atoms with E-state index in [1.54, 1.807) is 19.2 Å². The summed E-state index contributed by atoms with van der Waals surface area (Å²) < 4.78 is 33.7. The Labute approximate surface area is 124 Å². The van der Waals surface area contributed by atoms with E-state index in [1.165, 1.54) is 12.1 Å². The van der Waals surface area contributed by atoms with Crippen LogP contribution in [0.15, 0.2) is 46.9 Å². The Bertz CT molecular complexity index is 578. The second kappa shape index (κ2) is 6.81. The molecule has 5 heteroatoms. The number of nitrogens with one attached hydrogen (secondary N) is 1. The summed E-state index contributed by atoms with van der Waals surface area (Å²) in [6, 6.07) is 11.1. The smallest absolute Gasteiger partial charge is 0.145 e. The standard InChI is InChI=1S/C15H14BrF2NO/c1-19-13(9-20-10-5-3-2-4-6-10)14-12(17)8-7-11(16)15(14)18/h2-8,13,19H,9H2,1H3. The first-order chi connectivity index (χ1) is 9.63. The third-order valence-corrected chi connectivity index (χ3v) is 3.55. The number of hydrogen-bond acceptors (Lipinski definition) is 2. The fraction of sp³-hybridized carbons (Fsp3) is 0.200. The van der Waals surface area contributed by atoms with Gasteiger partial charge < -0.3 is 10.1 Å². The zero-order valence-corrected chi connectivity index (χ0v) is 12.5. The van der Waals surface area contributed by atoms with Crippen molar-refractivity contribution in [3.8, 4) is 5.75 Å². The first kappa shape index (κ1) is 14.9. The molecule has 2 aromatic rings. The third-order valence-electron chi connectivity index (χ3n) is 2.94. The van der Waals surface area contributed by atoms with Crippen molar-refractivity contribution in [1.29, 1.82) is 0 Å². The summed E-state index contributed by atoms with van der Waals surface area (Å²) in [5, 5.41) is 2.87. The van der Waals surface area contributed by atoms with Crippen LogP contribution in [-0.4, -0.2) is 13.7 Å². The summed E-state index contributed by atoms with van der Waals surface area (Å²) in [6.45, 7) is 0.130. The largest absolute Gasteiger partial charge is 0.492 e. The Kier molecular flexibility index (Phi) is 5.09. The molecule has 0 spiro atoms. The molecule has 0 saturated heterocycles. The van der Waals surface area contributed by atoms with Crippen molar-refractivity contribution in [1.82, 2.24) is 5.32 Å². The van der Waals surface area contributed by atoms with Gasteiger partial charge in [-0.1, -0.05) is 18.2 Å². The number of para-hydroxylation sites is 1. The minimum Gasteiger partial charge on any atom is -0.492 e. The highest BCUT2D eigenvalue weighted by Crippen LogP contribution is 2.27. The molecule has 0 aliphatic carbocycles. The van der Waals surface area contributed by atoms with E-state index < -0.39 is 17.7 Å². The van der Waals surface area contributed by atoms with Crippen molar-refractivity contribution in [3.05, 3.63) is 64.1 Å². The normalized spacial score (nSPS) is 12.2. The van der Waals surface area contributed by atoms with E-state index in [1.807, 2.05) is 18.2 Å². The molecule has 2 rings (SSSR count). The summed E-state index contributed by atoms with van der Waals surface area (Å²) >= 11 is 3.06. The van der Waals surface area contributed by atoms with Gasteiger partial charge in [-0.15, -0.1) is 0 Å². The van der Waals surface area contributed by atoms with E-state index in [4.69, 9.17) is 4.74 Å². The Morgan fingerprint density at radius 3 is 2.50 bits per heavy atom. The summed E-state index contributed by atoms with van der Waals surface area (Å²) in [4.78, 5) is 0. The van der Waals surface area contributed by atoms with Crippen LogP contribution in [0.2, 0.25) is 0 Å². The average molecular weight is 342 g/mol. The molecule has 1 N–H and O–H groups in total. The van der Waals surface area contributed by atoms with Gasteiger partial charge in [0.05, 0.1) is 10.5 Å². The Morgan fingerprint density at radius 1 is 1.15 bits per heavy atom. The topological polar surface area (TPSA) is 21.3 Å². The predicted octanol–water partition coefficient (Wildman–Crippen LogP) is 4.07. The number of ether oxygens (including phenoxy) is 1. The highest BCUT2D eigenvalue weighted by molar-refractivity contribution is 9.10. The van der Waals surface area contributed by atoms with Crippen molar-refractivity contribution in [2.45, 2.75) is 6.04 Å². The van der Waals surface area contributed by atoms with Gasteiger partial charge in [-0.05, 0) is 47.2 Å². The van der Waals surface area contributed by atoms with Gasteiger partial charge >= 0.3 is 0 Å². The van der Waals surface area contributed by atoms with E-state index >= 15 is 0 Å². The molecule has 1 unspecified atom stereocenters. The molecular formula is C15H14BrF2NO. The highest BCUT2D eigenvalue weighted by Gasteiger charge is 2.21. The molecule has 0 aromatic heterocycles. The average Bonchev–Trinajstić information content (AvgIpc) is 2.47. The molecule has 0 aliphatic heterocycles. The van der Waals surface area contributed by atoms with Crippen LogP contribution < -0.4 is 10.1 Å². The molecule has 0 amide bonds. The summed E-state index contributed by atoms with van der Waals surface area (Å²) in [6.07, 6.45) is 0. The van der Waals surface area contributed by atoms with E-state index in [0.29, 0.717) is 5.75 Å². The first-order valence-electron chi connectivity index (χ1n) is 6.12. The van der Waals surface area contributed by atoms with Crippen LogP contribution in [0.4, 0.5) is 8.78 Å². The number of benzene rings is 2. The maximum Gasteiger partial charge on any atom is 0.145 e. The lowest BCUT2D eigenvalue weighted by atomic mass is 10.1. The van der Waals surface area contributed by atoms with Gasteiger partial charge in [0.1, 0.15) is 24.0 Å². The van der Waals surface area contributed by atoms with Crippen LogP contribution in [0.1, 0.15) is 11.6 Å². The molecule has 0 heterocycles. The Morgan fingerprint density at radius 2 is 1.85 bits per heavy atom. The lowest BCUT2D eigenvalue weighted by Gasteiger charge is -2.19. The molecule has 0 aliphatic rings. The fourth-order valence-electron chi connectivity index (χ4n) is 1.87. The third kappa shape index (κ3) is 3.35. The number of hydrogen-bond donors (Lipinski definition) is 1. The Balaban J connectivity index is 2.19. The molecule has 20 heavy (non-hydrogen) atoms. The molecule has 2 aromatic carbocycles. The zero-order valence-electron chi connectivity index (χ0n) is 10.9. The van der Waals surface area contributed by atoms with Crippen molar-refractivity contribution >= 4 is 15.9 Å². The van der Waals surface area contributed by atoms with Gasteiger partial charge in [0.2, 0.25) is 0 Å². The minimum absolute atomic E-state index is 0.0298. The van der Waals surface area contributed by atoms with Gasteiger partial charge in [-0.25, -0.2) is 8.78 Å². The predicted molar refractivity (Wildman–Crippen MR) is 77.8 cm³/mol. The van der Waals surface area contributed by atoms with Crippen LogP contribution in [0, 0.1) is 11.6 Å². The number of rotatable bonds is 5. The number of likely N-dealkylation sites (N-methyl/N-ethyl adjacent to an activating group) is 1. The highest BCUT2D eigenvalue weighted by atomic mass is 79.9. The van der Waals surface area contributed by atoms with Crippen LogP contribution in [0.5, 0.6) is 5.75 Å². The van der Waals surface area contributed by atoms with Crippen LogP contribution in [-0.2, 0) is 0 Å². The van der Waals surface area contributed by atoms with Gasteiger partial charge in [0.25, 0.3) is 0 Å². The second-order valence-corrected chi connectivity index (χ2v) is 5.08. The van der Waals surface area contributed by atoms with Gasteiger partial charge in [-0.3, -0.25) is 0 Å². The van der Waals surface area contributed by atoms with Crippen molar-refractivity contribution in [3.63, 3.8) is 0 Å². The van der Waals surface area contributed by atoms with E-state index in [0.717, 1.165) is 0 Å². The van der Waals surface area contributed by atoms with Crippen molar-refractivity contribution in [2.24, 2.45) is 0 Å². The van der Waals surface area contributed by atoms with Crippen LogP contribution in [0.3, 0.4) is 0 Å². The first-order valence-corrected chi connectivity index (χ1v) is 6.91. The molecule has 0 bridgehead atoms. The molecule has 106 valence electrons. The van der Waals surface area contributed by atoms with Gasteiger partial charge in [-0.2, -0.15) is 0 Å². The molecule has 0 radical (unpaired) electrons. The van der Waals surface area contributed by atoms with Crippen molar-refractivity contribution in [2.75, 3.05) is 13.7 Å². The maximum absolute atomic E-state index is 14.0. The monoisotopic (exact) mass is 341 g/mol.